The van der Waals surface area contributed by atoms with Crippen LogP contribution in [0.25, 0.3) is 0 Å². The van der Waals surface area contributed by atoms with E-state index in [0.29, 0.717) is 32.1 Å². The Hall–Kier alpha value is -2.28. The van der Waals surface area contributed by atoms with Crippen molar-refractivity contribution in [3.05, 3.63) is 85.1 Å². The molecule has 1 aliphatic heterocycles. The lowest BCUT2D eigenvalue weighted by atomic mass is 9.87. The van der Waals surface area contributed by atoms with Crippen molar-refractivity contribution < 1.29 is 4.79 Å². The Morgan fingerprint density at radius 3 is 2.72 bits per heavy atom. The van der Waals surface area contributed by atoms with E-state index < -0.39 is 5.92 Å². The molecule has 1 aromatic heterocycles. The second-order valence-electron chi connectivity index (χ2n) is 6.82. The second kappa shape index (κ2) is 8.22. The van der Waals surface area contributed by atoms with Gasteiger partial charge in [0.15, 0.2) is 5.16 Å². The Kier molecular flexibility index (Phi) is 5.67. The van der Waals surface area contributed by atoms with Gasteiger partial charge in [-0.1, -0.05) is 65.3 Å². The van der Waals surface area contributed by atoms with Gasteiger partial charge in [-0.25, -0.2) is 4.98 Å². The molecule has 0 radical (unpaired) electrons. The monoisotopic (exact) mass is 445 g/mol. The number of fused-ring (bicyclic) bond motifs is 1. The third kappa shape index (κ3) is 4.20. The Balaban J connectivity index is 1.69. The van der Waals surface area contributed by atoms with Crippen LogP contribution in [0.4, 0.5) is 5.82 Å². The summed E-state index contributed by atoms with van der Waals surface area (Å²) in [7, 11) is 0. The number of hydrogen-bond donors (Lipinski definition) is 2. The first-order valence-corrected chi connectivity index (χ1v) is 10.7. The largest absolute Gasteiger partial charge is 0.310 e. The highest BCUT2D eigenvalue weighted by molar-refractivity contribution is 7.98. The SMILES string of the molecule is Cc1ccccc1CSc1nc2c(c(=O)[nH]1)C(c1ccc(Cl)cc1Cl)CC(=O)N2. The van der Waals surface area contributed by atoms with E-state index in [1.165, 1.54) is 17.3 Å². The molecule has 3 aromatic rings. The van der Waals surface area contributed by atoms with E-state index in [2.05, 4.69) is 15.3 Å². The number of carbonyl (C=O) groups excluding carboxylic acids is 1. The zero-order valence-electron chi connectivity index (χ0n) is 15.5. The maximum Gasteiger partial charge on any atom is 0.257 e. The fourth-order valence-corrected chi connectivity index (χ4v) is 4.86. The van der Waals surface area contributed by atoms with E-state index in [1.54, 1.807) is 18.2 Å². The third-order valence-corrected chi connectivity index (χ3v) is 6.38. The number of nitrogens with zero attached hydrogens (tertiary/aromatic N) is 1. The number of rotatable bonds is 4. The molecule has 0 bridgehead atoms. The number of halogens is 2. The van der Waals surface area contributed by atoms with Crippen molar-refractivity contribution in [2.45, 2.75) is 30.2 Å². The average Bonchev–Trinajstić information content (AvgIpc) is 2.66. The van der Waals surface area contributed by atoms with Crippen molar-refractivity contribution >= 4 is 46.7 Å². The molecule has 1 atom stereocenters. The number of nitrogens with one attached hydrogen (secondary N) is 2. The van der Waals surface area contributed by atoms with Gasteiger partial charge in [0.25, 0.3) is 5.56 Å². The molecule has 2 N–H and O–H groups in total. The molecule has 29 heavy (non-hydrogen) atoms. The number of aromatic amines is 1. The van der Waals surface area contributed by atoms with Crippen LogP contribution in [0.5, 0.6) is 0 Å². The van der Waals surface area contributed by atoms with Gasteiger partial charge in [0.2, 0.25) is 5.91 Å². The fraction of sp³-hybridized carbons (Fsp3) is 0.190. The van der Waals surface area contributed by atoms with Gasteiger partial charge in [0.05, 0.1) is 5.56 Å². The highest BCUT2D eigenvalue weighted by atomic mass is 35.5. The number of amides is 1. The summed E-state index contributed by atoms with van der Waals surface area (Å²) in [5.41, 5.74) is 3.14. The second-order valence-corrected chi connectivity index (χ2v) is 8.63. The van der Waals surface area contributed by atoms with Gasteiger partial charge in [-0.2, -0.15) is 0 Å². The first-order valence-electron chi connectivity index (χ1n) is 8.98. The lowest BCUT2D eigenvalue weighted by Gasteiger charge is -2.25. The Labute approximate surface area is 181 Å². The molecule has 8 heteroatoms. The van der Waals surface area contributed by atoms with E-state index in [0.717, 1.165) is 5.56 Å². The fourth-order valence-electron chi connectivity index (χ4n) is 3.39. The standard InChI is InChI=1S/C21H17Cl2N3O2S/c1-11-4-2-3-5-12(11)10-29-21-25-19-18(20(28)26-21)15(9-17(27)24-19)14-7-6-13(22)8-16(14)23/h2-8,15H,9-10H2,1H3,(H2,24,25,26,27,28). The summed E-state index contributed by atoms with van der Waals surface area (Å²) in [5, 5.41) is 4.10. The Morgan fingerprint density at radius 2 is 1.97 bits per heavy atom. The first kappa shape index (κ1) is 20.0. The predicted octanol–water partition coefficient (Wildman–Crippen LogP) is 5.15. The van der Waals surface area contributed by atoms with E-state index in [9.17, 15) is 9.59 Å². The molecule has 148 valence electrons. The highest BCUT2D eigenvalue weighted by Crippen LogP contribution is 2.38. The number of benzene rings is 2. The maximum absolute atomic E-state index is 12.9. The number of aryl methyl sites for hydroxylation is 1. The summed E-state index contributed by atoms with van der Waals surface area (Å²) in [6.45, 7) is 2.04. The molecule has 2 heterocycles. The van der Waals surface area contributed by atoms with Crippen molar-refractivity contribution in [1.82, 2.24) is 9.97 Å². The van der Waals surface area contributed by atoms with Gasteiger partial charge in [0.1, 0.15) is 5.82 Å². The molecule has 1 amide bonds. The highest BCUT2D eigenvalue weighted by Gasteiger charge is 2.32. The minimum atomic E-state index is -0.477. The summed E-state index contributed by atoms with van der Waals surface area (Å²) in [4.78, 5) is 32.5. The minimum Gasteiger partial charge on any atom is -0.310 e. The normalized spacial score (nSPS) is 15.7. The lowest BCUT2D eigenvalue weighted by molar-refractivity contribution is -0.116. The van der Waals surface area contributed by atoms with Crippen LogP contribution >= 0.6 is 35.0 Å². The molecule has 1 aliphatic rings. The van der Waals surface area contributed by atoms with Crippen molar-refractivity contribution in [3.63, 3.8) is 0 Å². The smallest absolute Gasteiger partial charge is 0.257 e. The van der Waals surface area contributed by atoms with Crippen LogP contribution in [-0.2, 0) is 10.5 Å². The summed E-state index contributed by atoms with van der Waals surface area (Å²) in [6, 6.07) is 13.1. The molecule has 4 rings (SSSR count). The molecule has 5 nitrogen and oxygen atoms in total. The van der Waals surface area contributed by atoms with E-state index in [1.807, 2.05) is 31.2 Å². The van der Waals surface area contributed by atoms with Crippen LogP contribution in [0.3, 0.4) is 0 Å². The van der Waals surface area contributed by atoms with Crippen LogP contribution in [0.1, 0.15) is 34.6 Å². The van der Waals surface area contributed by atoms with Gasteiger partial charge < -0.3 is 10.3 Å². The molecule has 0 saturated carbocycles. The summed E-state index contributed by atoms with van der Waals surface area (Å²) < 4.78 is 0. The Bertz CT molecular complexity index is 1160. The zero-order chi connectivity index (χ0) is 20.5. The van der Waals surface area contributed by atoms with Crippen molar-refractivity contribution in [2.75, 3.05) is 5.32 Å². The van der Waals surface area contributed by atoms with E-state index >= 15 is 0 Å². The third-order valence-electron chi connectivity index (χ3n) is 4.89. The van der Waals surface area contributed by atoms with Gasteiger partial charge in [0, 0.05) is 28.1 Å². The first-order chi connectivity index (χ1) is 13.9. The zero-order valence-corrected chi connectivity index (χ0v) is 17.8. The number of H-pyrrole nitrogens is 1. The maximum atomic E-state index is 12.9. The topological polar surface area (TPSA) is 74.8 Å². The predicted molar refractivity (Wildman–Crippen MR) is 117 cm³/mol. The van der Waals surface area contributed by atoms with Crippen LogP contribution in [-0.4, -0.2) is 15.9 Å². The number of carbonyl (C=O) groups is 1. The molecule has 0 spiro atoms. The number of thioether (sulfide) groups is 1. The average molecular weight is 446 g/mol. The number of hydrogen-bond acceptors (Lipinski definition) is 4. The van der Waals surface area contributed by atoms with Crippen LogP contribution in [0, 0.1) is 6.92 Å². The number of aromatic nitrogens is 2. The molecule has 2 aromatic carbocycles. The van der Waals surface area contributed by atoms with Crippen molar-refractivity contribution in [2.24, 2.45) is 0 Å². The molecule has 1 unspecified atom stereocenters. The van der Waals surface area contributed by atoms with E-state index in [4.69, 9.17) is 23.2 Å². The summed E-state index contributed by atoms with van der Waals surface area (Å²) in [5.74, 6) is 0.263. The molecular weight excluding hydrogens is 429 g/mol. The van der Waals surface area contributed by atoms with Gasteiger partial charge in [-0.15, -0.1) is 0 Å². The summed E-state index contributed by atoms with van der Waals surface area (Å²) >= 11 is 13.7. The molecule has 0 saturated heterocycles. The van der Waals surface area contributed by atoms with Crippen molar-refractivity contribution in [1.29, 1.82) is 0 Å². The lowest BCUT2D eigenvalue weighted by Crippen LogP contribution is -2.31. The van der Waals surface area contributed by atoms with Gasteiger partial charge >= 0.3 is 0 Å². The Morgan fingerprint density at radius 1 is 1.17 bits per heavy atom. The quantitative estimate of drug-likeness (QED) is 0.429. The van der Waals surface area contributed by atoms with E-state index in [-0.39, 0.29) is 23.7 Å². The minimum absolute atomic E-state index is 0.120. The van der Waals surface area contributed by atoms with Crippen LogP contribution < -0.4 is 10.9 Å². The molecular formula is C21H17Cl2N3O2S. The van der Waals surface area contributed by atoms with Crippen LogP contribution in [0.15, 0.2) is 52.4 Å². The number of anilines is 1. The van der Waals surface area contributed by atoms with Gasteiger partial charge in [-0.05, 0) is 35.7 Å². The van der Waals surface area contributed by atoms with Crippen molar-refractivity contribution in [3.8, 4) is 0 Å². The van der Waals surface area contributed by atoms with Crippen LogP contribution in [0.2, 0.25) is 10.0 Å². The molecule has 0 aliphatic carbocycles. The van der Waals surface area contributed by atoms with Gasteiger partial charge in [-0.3, -0.25) is 9.59 Å². The summed E-state index contributed by atoms with van der Waals surface area (Å²) in [6.07, 6.45) is 0.120. The molecule has 0 fully saturated rings.